The van der Waals surface area contributed by atoms with Gasteiger partial charge in [-0.05, 0) is 31.5 Å². The summed E-state index contributed by atoms with van der Waals surface area (Å²) in [6.45, 7) is 2.61. The van der Waals surface area contributed by atoms with Crippen molar-refractivity contribution in [3.63, 3.8) is 0 Å². The van der Waals surface area contributed by atoms with E-state index < -0.39 is 66.4 Å². The Balaban J connectivity index is 3.05. The molecule has 0 aliphatic rings. The van der Waals surface area contributed by atoms with E-state index in [0.29, 0.717) is 12.1 Å². The molecular weight excluding hydrogens is 500 g/mol. The van der Waals surface area contributed by atoms with E-state index >= 15 is 0 Å². The molecular formula is C18H15F10NO5. The molecule has 34 heavy (non-hydrogen) atoms. The second kappa shape index (κ2) is 10.0. The number of nitrogens with one attached hydrogen (secondary N) is 1. The number of amides is 1. The molecule has 0 aromatic heterocycles. The summed E-state index contributed by atoms with van der Waals surface area (Å²) in [5.41, 5.74) is -0.122. The number of hydrogen-bond donors (Lipinski definition) is 1. The average Bonchev–Trinajstić information content (AvgIpc) is 2.66. The van der Waals surface area contributed by atoms with Gasteiger partial charge in [0.25, 0.3) is 0 Å². The number of carbonyl (C=O) groups is 3. The zero-order valence-electron chi connectivity index (χ0n) is 17.0. The van der Waals surface area contributed by atoms with Crippen LogP contribution >= 0.6 is 0 Å². The van der Waals surface area contributed by atoms with Crippen LogP contribution in [0.5, 0.6) is 5.75 Å². The molecule has 0 saturated carbocycles. The molecule has 0 heterocycles. The number of benzene rings is 1. The highest BCUT2D eigenvalue weighted by Crippen LogP contribution is 2.37. The van der Waals surface area contributed by atoms with Crippen LogP contribution in [0.2, 0.25) is 0 Å². The minimum atomic E-state index is -6.27. The maximum atomic E-state index is 13.2. The van der Waals surface area contributed by atoms with Crippen molar-refractivity contribution in [1.82, 2.24) is 5.32 Å². The monoisotopic (exact) mass is 515 g/mol. The number of rotatable bonds is 8. The van der Waals surface area contributed by atoms with Gasteiger partial charge in [-0.2, -0.15) is 43.9 Å². The van der Waals surface area contributed by atoms with E-state index in [-0.39, 0.29) is 5.56 Å². The molecule has 0 fully saturated rings. The Morgan fingerprint density at radius 2 is 1.29 bits per heavy atom. The first-order valence-corrected chi connectivity index (χ1v) is 8.92. The molecule has 0 saturated heterocycles. The molecule has 6 nitrogen and oxygen atoms in total. The molecule has 1 atom stereocenters. The van der Waals surface area contributed by atoms with E-state index in [1.165, 1.54) is 19.2 Å². The Morgan fingerprint density at radius 3 is 1.71 bits per heavy atom. The van der Waals surface area contributed by atoms with Gasteiger partial charge in [0.05, 0.1) is 6.10 Å². The number of alkyl halides is 10. The Morgan fingerprint density at radius 1 is 0.824 bits per heavy atom. The van der Waals surface area contributed by atoms with Gasteiger partial charge >= 0.3 is 42.0 Å². The van der Waals surface area contributed by atoms with Crippen LogP contribution in [0.4, 0.5) is 43.9 Å². The highest BCUT2D eigenvalue weighted by Gasteiger charge is 2.65. The quantitative estimate of drug-likeness (QED) is 0.322. The fourth-order valence-electron chi connectivity index (χ4n) is 2.10. The Kier molecular flexibility index (Phi) is 8.56. The van der Waals surface area contributed by atoms with E-state index in [1.54, 1.807) is 0 Å². The number of halogens is 10. The van der Waals surface area contributed by atoms with E-state index in [4.69, 9.17) is 4.74 Å². The van der Waals surface area contributed by atoms with Crippen molar-refractivity contribution >= 4 is 17.8 Å². The lowest BCUT2D eigenvalue weighted by atomic mass is 10.1. The summed E-state index contributed by atoms with van der Waals surface area (Å²) in [5, 5.41) is 1.21. The molecule has 192 valence electrons. The van der Waals surface area contributed by atoms with E-state index in [1.807, 2.05) is 0 Å². The van der Waals surface area contributed by atoms with Crippen molar-refractivity contribution in [2.24, 2.45) is 0 Å². The van der Waals surface area contributed by atoms with Gasteiger partial charge < -0.3 is 14.8 Å². The highest BCUT2D eigenvalue weighted by atomic mass is 19.4. The molecule has 0 spiro atoms. The van der Waals surface area contributed by atoms with Crippen LogP contribution in [0, 0.1) is 0 Å². The van der Waals surface area contributed by atoms with Crippen molar-refractivity contribution in [1.29, 1.82) is 0 Å². The molecule has 16 heteroatoms. The minimum absolute atomic E-state index is 0.122. The highest BCUT2D eigenvalue weighted by molar-refractivity contribution is 5.89. The number of ether oxygens (including phenoxy) is 2. The van der Waals surface area contributed by atoms with Crippen LogP contribution < -0.4 is 10.1 Å². The molecule has 1 N–H and O–H groups in total. The van der Waals surface area contributed by atoms with Crippen molar-refractivity contribution in [2.75, 3.05) is 0 Å². The summed E-state index contributed by atoms with van der Waals surface area (Å²) in [5.74, 6) is -19.7. The molecule has 0 aliphatic heterocycles. The Hall–Kier alpha value is -3.07. The standard InChI is InChI=1S/C18H15F10NO5/c1-8(2)33-12(30)11(29-13(31)15(19,20)17(23,24)25)7-9-3-5-10(6-4-9)34-14(32)16(21,22)18(26,27)28/h3-6,8,11H,7H2,1-2H3,(H,29,31)/t11-/m0/s1. The topological polar surface area (TPSA) is 81.7 Å². The largest absolute Gasteiger partial charge is 0.465 e. The SMILES string of the molecule is CC(C)OC(=O)[C@H](Cc1ccc(OC(=O)C(F)(F)C(F)(F)F)cc1)NC(=O)C(F)(F)C(F)(F)F. The molecule has 1 rings (SSSR count). The van der Waals surface area contributed by atoms with E-state index in [9.17, 15) is 58.3 Å². The summed E-state index contributed by atoms with van der Waals surface area (Å²) in [7, 11) is 0. The maximum absolute atomic E-state index is 13.2. The zero-order chi connectivity index (χ0) is 26.7. The van der Waals surface area contributed by atoms with Gasteiger partial charge in [-0.3, -0.25) is 4.79 Å². The normalized spacial score (nSPS) is 13.9. The van der Waals surface area contributed by atoms with Crippen LogP contribution in [0.25, 0.3) is 0 Å². The Bertz CT molecular complexity index is 894. The van der Waals surface area contributed by atoms with Gasteiger partial charge in [0.2, 0.25) is 0 Å². The van der Waals surface area contributed by atoms with Gasteiger partial charge in [-0.25, -0.2) is 9.59 Å². The molecule has 0 aliphatic carbocycles. The van der Waals surface area contributed by atoms with E-state index in [0.717, 1.165) is 12.1 Å². The lowest BCUT2D eigenvalue weighted by molar-refractivity contribution is -0.276. The lowest BCUT2D eigenvalue weighted by Crippen LogP contribution is -2.55. The Labute approximate surface area is 184 Å². The number of carbonyl (C=O) groups excluding carboxylic acids is 3. The zero-order valence-corrected chi connectivity index (χ0v) is 17.0. The third kappa shape index (κ3) is 6.96. The summed E-state index contributed by atoms with van der Waals surface area (Å²) in [6.07, 6.45) is -14.1. The van der Waals surface area contributed by atoms with Crippen LogP contribution in [0.15, 0.2) is 24.3 Å². The van der Waals surface area contributed by atoms with Crippen molar-refractivity contribution in [3.8, 4) is 5.75 Å². The number of hydrogen-bond acceptors (Lipinski definition) is 5. The maximum Gasteiger partial charge on any atom is 0.465 e. The van der Waals surface area contributed by atoms with Gasteiger partial charge in [-0.1, -0.05) is 12.1 Å². The fraction of sp³-hybridized carbons (Fsp3) is 0.500. The molecule has 0 unspecified atom stereocenters. The fourth-order valence-corrected chi connectivity index (χ4v) is 2.10. The van der Waals surface area contributed by atoms with Gasteiger partial charge in [0.15, 0.2) is 0 Å². The van der Waals surface area contributed by atoms with Gasteiger partial charge in [-0.15, -0.1) is 0 Å². The predicted molar refractivity (Wildman–Crippen MR) is 90.9 cm³/mol. The van der Waals surface area contributed by atoms with Crippen LogP contribution in [-0.4, -0.2) is 54.2 Å². The molecule has 0 bridgehead atoms. The smallest absolute Gasteiger partial charge is 0.461 e. The first-order valence-electron chi connectivity index (χ1n) is 8.92. The predicted octanol–water partition coefficient (Wildman–Crippen LogP) is 3.97. The van der Waals surface area contributed by atoms with Gasteiger partial charge in [0.1, 0.15) is 11.8 Å². The molecule has 1 aromatic carbocycles. The number of esters is 2. The summed E-state index contributed by atoms with van der Waals surface area (Å²) >= 11 is 0. The van der Waals surface area contributed by atoms with Crippen molar-refractivity contribution in [2.45, 2.75) is 56.6 Å². The molecule has 1 aromatic rings. The van der Waals surface area contributed by atoms with Gasteiger partial charge in [0, 0.05) is 6.42 Å². The summed E-state index contributed by atoms with van der Waals surface area (Å²) in [6, 6.07) is 0.995. The summed E-state index contributed by atoms with van der Waals surface area (Å²) < 4.78 is 135. The lowest BCUT2D eigenvalue weighted by Gasteiger charge is -2.23. The van der Waals surface area contributed by atoms with Crippen molar-refractivity contribution < 1.29 is 67.8 Å². The first kappa shape index (κ1) is 29.0. The third-order valence-corrected chi connectivity index (χ3v) is 3.77. The second-order valence-electron chi connectivity index (χ2n) is 6.89. The molecule has 1 amide bonds. The summed E-state index contributed by atoms with van der Waals surface area (Å²) in [4.78, 5) is 34.6. The average molecular weight is 515 g/mol. The molecule has 0 radical (unpaired) electrons. The minimum Gasteiger partial charge on any atom is -0.461 e. The second-order valence-corrected chi connectivity index (χ2v) is 6.89. The van der Waals surface area contributed by atoms with Crippen LogP contribution in [0.1, 0.15) is 19.4 Å². The van der Waals surface area contributed by atoms with E-state index in [2.05, 4.69) is 4.74 Å². The van der Waals surface area contributed by atoms with Crippen LogP contribution in [-0.2, 0) is 25.5 Å². The first-order chi connectivity index (χ1) is 15.2. The van der Waals surface area contributed by atoms with Crippen LogP contribution in [0.3, 0.4) is 0 Å². The van der Waals surface area contributed by atoms with Crippen molar-refractivity contribution in [3.05, 3.63) is 29.8 Å². The third-order valence-electron chi connectivity index (χ3n) is 3.77.